The maximum atomic E-state index is 12.2. The lowest BCUT2D eigenvalue weighted by Crippen LogP contribution is -2.23. The van der Waals surface area contributed by atoms with Crippen LogP contribution in [0, 0.1) is 5.92 Å². The summed E-state index contributed by atoms with van der Waals surface area (Å²) in [4.78, 5) is 12.2. The number of nitrogens with one attached hydrogen (secondary N) is 1. The number of hydrogen-bond donors (Lipinski definition) is 2. The third-order valence-corrected chi connectivity index (χ3v) is 4.47. The number of hydrogen-bond acceptors (Lipinski definition) is 4. The highest BCUT2D eigenvalue weighted by molar-refractivity contribution is 5.81. The zero-order valence-corrected chi connectivity index (χ0v) is 18.0. The average Bonchev–Trinajstić information content (AvgIpc) is 3.14. The molecule has 1 aromatic heterocycles. The zero-order chi connectivity index (χ0) is 21.9. The molecule has 30 heavy (non-hydrogen) atoms. The Hall–Kier alpha value is -3.54. The molecule has 0 aliphatic carbocycles. The van der Waals surface area contributed by atoms with Crippen molar-refractivity contribution in [2.45, 2.75) is 27.3 Å². The molecule has 1 atom stereocenters. The summed E-state index contributed by atoms with van der Waals surface area (Å²) in [7, 11) is 1.65. The monoisotopic (exact) mass is 406 g/mol. The largest absolute Gasteiger partial charge is 0.497 e. The summed E-state index contributed by atoms with van der Waals surface area (Å²) in [5.74, 6) is 0.468. The molecule has 0 fully saturated rings. The minimum atomic E-state index is -0.265. The molecule has 0 aliphatic heterocycles. The highest BCUT2D eigenvalue weighted by Gasteiger charge is 2.08. The molecule has 2 aromatic rings. The molecule has 2 rings (SSSR count). The molecule has 1 unspecified atom stereocenters. The van der Waals surface area contributed by atoms with Crippen LogP contribution in [0.4, 0.5) is 0 Å². The summed E-state index contributed by atoms with van der Waals surface area (Å²) < 4.78 is 7.20. The van der Waals surface area contributed by atoms with Crippen LogP contribution in [-0.2, 0) is 11.3 Å². The highest BCUT2D eigenvalue weighted by atomic mass is 16.5. The van der Waals surface area contributed by atoms with Crippen molar-refractivity contribution in [1.29, 1.82) is 0 Å². The van der Waals surface area contributed by atoms with E-state index in [0.717, 1.165) is 27.9 Å². The number of methoxy groups -OCH3 is 1. The first-order chi connectivity index (χ1) is 14.4. The van der Waals surface area contributed by atoms with Gasteiger partial charge >= 0.3 is 0 Å². The molecule has 1 amide bonds. The lowest BCUT2D eigenvalue weighted by atomic mass is 10.1. The summed E-state index contributed by atoms with van der Waals surface area (Å²) >= 11 is 0. The van der Waals surface area contributed by atoms with Crippen molar-refractivity contribution in [3.8, 4) is 5.75 Å². The average molecular weight is 407 g/mol. The van der Waals surface area contributed by atoms with Crippen LogP contribution in [0.2, 0.25) is 0 Å². The van der Waals surface area contributed by atoms with E-state index in [1.54, 1.807) is 31.5 Å². The Morgan fingerprint density at radius 1 is 1.33 bits per heavy atom. The summed E-state index contributed by atoms with van der Waals surface area (Å²) in [6.45, 7) is 6.27. The number of fused-ring (bicyclic) bond motifs is 1. The van der Waals surface area contributed by atoms with E-state index in [2.05, 4.69) is 10.4 Å². The Morgan fingerprint density at radius 3 is 2.83 bits per heavy atom. The second-order valence-corrected chi connectivity index (χ2v) is 6.90. The van der Waals surface area contributed by atoms with E-state index in [9.17, 15) is 4.79 Å². The van der Waals surface area contributed by atoms with Gasteiger partial charge in [-0.25, -0.2) is 0 Å². The molecule has 0 saturated heterocycles. The molecule has 1 heterocycles. The lowest BCUT2D eigenvalue weighted by Gasteiger charge is -2.07. The van der Waals surface area contributed by atoms with E-state index < -0.39 is 0 Å². The first kappa shape index (κ1) is 22.7. The van der Waals surface area contributed by atoms with E-state index in [1.165, 1.54) is 0 Å². The van der Waals surface area contributed by atoms with Crippen molar-refractivity contribution >= 4 is 16.8 Å². The number of carbonyl (C=O) groups is 1. The Morgan fingerprint density at radius 2 is 2.13 bits per heavy atom. The van der Waals surface area contributed by atoms with Crippen molar-refractivity contribution in [2.24, 2.45) is 11.7 Å². The quantitative estimate of drug-likeness (QED) is 0.611. The predicted octanol–water partition coefficient (Wildman–Crippen LogP) is 4.23. The van der Waals surface area contributed by atoms with Gasteiger partial charge < -0.3 is 15.8 Å². The highest BCUT2D eigenvalue weighted by Crippen LogP contribution is 2.21. The minimum absolute atomic E-state index is 0.0754. The van der Waals surface area contributed by atoms with Crippen LogP contribution in [0.5, 0.6) is 5.75 Å². The molecular formula is C24H30N4O2. The predicted molar refractivity (Wildman–Crippen MR) is 123 cm³/mol. The number of amides is 1. The smallest absolute Gasteiger partial charge is 0.230 e. The number of nitrogens with two attached hydrogens (primary N) is 1. The third kappa shape index (κ3) is 6.81. The normalized spacial score (nSPS) is 14.3. The molecule has 0 spiro atoms. The number of aromatic nitrogens is 2. The van der Waals surface area contributed by atoms with E-state index in [1.807, 2.05) is 74.2 Å². The van der Waals surface area contributed by atoms with Gasteiger partial charge in [0.2, 0.25) is 5.91 Å². The van der Waals surface area contributed by atoms with E-state index in [4.69, 9.17) is 10.5 Å². The number of carbonyl (C=O) groups excluding carboxylic acids is 1. The first-order valence-electron chi connectivity index (χ1n) is 9.83. The fourth-order valence-corrected chi connectivity index (χ4v) is 2.68. The van der Waals surface area contributed by atoms with E-state index in [-0.39, 0.29) is 11.8 Å². The van der Waals surface area contributed by atoms with Crippen LogP contribution in [0.25, 0.3) is 10.9 Å². The van der Waals surface area contributed by atoms with Crippen molar-refractivity contribution in [3.63, 3.8) is 0 Å². The van der Waals surface area contributed by atoms with Crippen molar-refractivity contribution in [1.82, 2.24) is 15.1 Å². The van der Waals surface area contributed by atoms with Gasteiger partial charge in [0.1, 0.15) is 5.75 Å². The van der Waals surface area contributed by atoms with Crippen molar-refractivity contribution < 1.29 is 9.53 Å². The Bertz CT molecular complexity index is 1010. The maximum Gasteiger partial charge on any atom is 0.230 e. The molecule has 1 aromatic carbocycles. The van der Waals surface area contributed by atoms with Gasteiger partial charge in [-0.2, -0.15) is 5.10 Å². The Kier molecular flexibility index (Phi) is 8.69. The maximum absolute atomic E-state index is 12.2. The summed E-state index contributed by atoms with van der Waals surface area (Å²) in [5, 5.41) is 8.27. The molecule has 0 saturated carbocycles. The lowest BCUT2D eigenvalue weighted by molar-refractivity contribution is -0.122. The topological polar surface area (TPSA) is 82.2 Å². The summed E-state index contributed by atoms with van der Waals surface area (Å²) in [6, 6.07) is 5.89. The van der Waals surface area contributed by atoms with Gasteiger partial charge in [-0.15, -0.1) is 0 Å². The number of nitrogens with zero attached hydrogens (tertiary/aromatic N) is 2. The summed E-state index contributed by atoms with van der Waals surface area (Å²) in [6.07, 6.45) is 16.5. The SMILES string of the molecule is C/C=C(\C=C/C(C)C(=O)N/C=C/C=C\C=C(/C)N)Cn1ncc2cc(OC)ccc21. The molecule has 0 radical (unpaired) electrons. The van der Waals surface area contributed by atoms with Gasteiger partial charge in [0.15, 0.2) is 0 Å². The number of rotatable bonds is 9. The minimum Gasteiger partial charge on any atom is -0.497 e. The first-order valence-corrected chi connectivity index (χ1v) is 9.83. The van der Waals surface area contributed by atoms with Crippen LogP contribution < -0.4 is 15.8 Å². The van der Waals surface area contributed by atoms with Crippen LogP contribution in [0.1, 0.15) is 20.8 Å². The molecule has 6 heteroatoms. The molecular weight excluding hydrogens is 376 g/mol. The zero-order valence-electron chi connectivity index (χ0n) is 18.0. The van der Waals surface area contributed by atoms with E-state index in [0.29, 0.717) is 6.54 Å². The standard InChI is InChI=1S/C24H30N4O2/c1-5-20(17-28-23-13-12-22(30-4)15-21(23)16-27-28)11-10-18(2)24(29)26-14-8-6-7-9-19(3)25/h5-16,18H,17,25H2,1-4H3,(H,26,29)/b7-6-,11-10-,14-8+,19-9+,20-5+. The van der Waals surface area contributed by atoms with Gasteiger partial charge in [0.25, 0.3) is 0 Å². The van der Waals surface area contributed by atoms with Crippen LogP contribution in [-0.4, -0.2) is 22.8 Å². The fourth-order valence-electron chi connectivity index (χ4n) is 2.68. The Balaban J connectivity index is 1.95. The number of ether oxygens (including phenoxy) is 1. The van der Waals surface area contributed by atoms with Crippen LogP contribution in [0.3, 0.4) is 0 Å². The molecule has 0 bridgehead atoms. The van der Waals surface area contributed by atoms with Gasteiger partial charge in [0.05, 0.1) is 31.3 Å². The Labute approximate surface area is 178 Å². The molecule has 3 N–H and O–H groups in total. The van der Waals surface area contributed by atoms with Crippen molar-refractivity contribution in [2.75, 3.05) is 7.11 Å². The summed E-state index contributed by atoms with van der Waals surface area (Å²) in [5.41, 5.74) is 8.37. The number of allylic oxidation sites excluding steroid dienone is 8. The third-order valence-electron chi connectivity index (χ3n) is 4.47. The van der Waals surface area contributed by atoms with Gasteiger partial charge in [-0.1, -0.05) is 37.3 Å². The van der Waals surface area contributed by atoms with Gasteiger partial charge in [0, 0.05) is 17.3 Å². The molecule has 6 nitrogen and oxygen atoms in total. The molecule has 158 valence electrons. The van der Waals surface area contributed by atoms with Crippen LogP contribution >= 0.6 is 0 Å². The second kappa shape index (κ2) is 11.5. The fraction of sp³-hybridized carbons (Fsp3) is 0.250. The number of benzene rings is 1. The van der Waals surface area contributed by atoms with Gasteiger partial charge in [-0.3, -0.25) is 9.48 Å². The molecule has 0 aliphatic rings. The van der Waals surface area contributed by atoms with E-state index >= 15 is 0 Å². The second-order valence-electron chi connectivity index (χ2n) is 6.90. The van der Waals surface area contributed by atoms with Gasteiger partial charge in [-0.05, 0) is 49.8 Å². The van der Waals surface area contributed by atoms with Crippen LogP contribution in [0.15, 0.2) is 84.4 Å². The van der Waals surface area contributed by atoms with Crippen molar-refractivity contribution in [3.05, 3.63) is 84.4 Å².